The predicted octanol–water partition coefficient (Wildman–Crippen LogP) is 3.51. The molecule has 1 aliphatic heterocycles. The number of halogens is 1. The van der Waals surface area contributed by atoms with E-state index in [0.29, 0.717) is 6.42 Å². The third-order valence-corrected chi connectivity index (χ3v) is 4.21. The molecule has 6 nitrogen and oxygen atoms in total. The predicted molar refractivity (Wildman–Crippen MR) is 99.4 cm³/mol. The number of benzene rings is 1. The van der Waals surface area contributed by atoms with E-state index in [4.69, 9.17) is 14.3 Å². The summed E-state index contributed by atoms with van der Waals surface area (Å²) >= 11 is 0. The van der Waals surface area contributed by atoms with E-state index in [9.17, 15) is 9.50 Å². The smallest absolute Gasteiger partial charge is 0.300 e. The van der Waals surface area contributed by atoms with Gasteiger partial charge in [0.05, 0.1) is 12.3 Å². The fourth-order valence-corrected chi connectivity index (χ4v) is 2.85. The van der Waals surface area contributed by atoms with Crippen molar-refractivity contribution in [3.63, 3.8) is 0 Å². The summed E-state index contributed by atoms with van der Waals surface area (Å²) < 4.78 is 18.2. The molecule has 0 saturated carbocycles. The summed E-state index contributed by atoms with van der Waals surface area (Å²) in [6.45, 7) is 3.87. The molecule has 0 fully saturated rings. The molecule has 0 saturated heterocycles. The van der Waals surface area contributed by atoms with Gasteiger partial charge < -0.3 is 14.6 Å². The van der Waals surface area contributed by atoms with Gasteiger partial charge in [-0.25, -0.2) is 9.37 Å². The number of hydrogen-bond donors (Lipinski definition) is 2. The monoisotopic (exact) mass is 376 g/mol. The minimum Gasteiger partial charge on any atom is -0.481 e. The zero-order valence-electron chi connectivity index (χ0n) is 15.3. The molecule has 1 aliphatic rings. The zero-order valence-corrected chi connectivity index (χ0v) is 15.3. The Bertz CT molecular complexity index is 725. The van der Waals surface area contributed by atoms with Crippen LogP contribution >= 0.6 is 0 Å². The van der Waals surface area contributed by atoms with E-state index in [0.717, 1.165) is 56.4 Å². The van der Waals surface area contributed by atoms with Gasteiger partial charge in [-0.3, -0.25) is 9.69 Å². The van der Waals surface area contributed by atoms with Crippen LogP contribution in [0.5, 0.6) is 0 Å². The molecule has 146 valence electrons. The molecule has 0 radical (unpaired) electrons. The van der Waals surface area contributed by atoms with Crippen LogP contribution in [0, 0.1) is 5.82 Å². The average molecular weight is 376 g/mol. The lowest BCUT2D eigenvalue weighted by molar-refractivity contribution is -0.134. The Morgan fingerprint density at radius 2 is 2.07 bits per heavy atom. The molecule has 3 rings (SSSR count). The van der Waals surface area contributed by atoms with E-state index >= 15 is 0 Å². The highest BCUT2D eigenvalue weighted by molar-refractivity contribution is 5.63. The molecule has 1 unspecified atom stereocenters. The number of hydrogen-bond acceptors (Lipinski definition) is 5. The summed E-state index contributed by atoms with van der Waals surface area (Å²) in [5.74, 6) is -0.390. The second-order valence-corrected chi connectivity index (χ2v) is 6.35. The van der Waals surface area contributed by atoms with Crippen LogP contribution in [0.2, 0.25) is 0 Å². The Morgan fingerprint density at radius 1 is 1.37 bits per heavy atom. The van der Waals surface area contributed by atoms with Crippen LogP contribution in [0.15, 0.2) is 47.2 Å². The number of aromatic nitrogens is 1. The first-order valence-corrected chi connectivity index (χ1v) is 8.90. The maximum atomic E-state index is 12.9. The van der Waals surface area contributed by atoms with Crippen LogP contribution in [-0.4, -0.2) is 45.7 Å². The normalized spacial score (nSPS) is 15.4. The SMILES string of the molecule is CC(=O)O.OC(CCCN1CC=C(c2ncco2)CC1)c1ccc(F)cc1. The van der Waals surface area contributed by atoms with Crippen molar-refractivity contribution in [1.82, 2.24) is 9.88 Å². The van der Waals surface area contributed by atoms with Crippen molar-refractivity contribution in [2.24, 2.45) is 0 Å². The van der Waals surface area contributed by atoms with Gasteiger partial charge in [0.1, 0.15) is 12.1 Å². The topological polar surface area (TPSA) is 86.8 Å². The molecular weight excluding hydrogens is 351 g/mol. The Hall–Kier alpha value is -2.51. The second kappa shape index (κ2) is 10.6. The quantitative estimate of drug-likeness (QED) is 0.802. The average Bonchev–Trinajstić information content (AvgIpc) is 3.17. The van der Waals surface area contributed by atoms with Crippen molar-refractivity contribution >= 4 is 11.5 Å². The Labute approximate surface area is 158 Å². The number of carboxylic acids is 1. The molecule has 2 aromatic rings. The van der Waals surface area contributed by atoms with E-state index < -0.39 is 12.1 Å². The van der Waals surface area contributed by atoms with E-state index in [1.54, 1.807) is 24.6 Å². The third-order valence-electron chi connectivity index (χ3n) is 4.21. The first-order chi connectivity index (χ1) is 13.0. The number of aliphatic hydroxyl groups excluding tert-OH is 1. The van der Waals surface area contributed by atoms with E-state index in [-0.39, 0.29) is 5.82 Å². The van der Waals surface area contributed by atoms with Crippen LogP contribution < -0.4 is 0 Å². The van der Waals surface area contributed by atoms with Gasteiger partial charge in [-0.05, 0) is 43.5 Å². The van der Waals surface area contributed by atoms with Gasteiger partial charge in [-0.15, -0.1) is 0 Å². The number of carboxylic acid groups (broad SMARTS) is 1. The van der Waals surface area contributed by atoms with E-state index in [1.807, 2.05) is 0 Å². The molecule has 1 aromatic carbocycles. The van der Waals surface area contributed by atoms with E-state index in [1.165, 1.54) is 12.1 Å². The lowest BCUT2D eigenvalue weighted by Gasteiger charge is -2.25. The lowest BCUT2D eigenvalue weighted by Crippen LogP contribution is -2.29. The summed E-state index contributed by atoms with van der Waals surface area (Å²) in [4.78, 5) is 15.5. The first kappa shape index (κ1) is 20.8. The molecular formula is C20H25FN2O4. The zero-order chi connectivity index (χ0) is 19.6. The van der Waals surface area contributed by atoms with Crippen molar-refractivity contribution < 1.29 is 23.8 Å². The van der Waals surface area contributed by atoms with Gasteiger partial charge in [-0.2, -0.15) is 0 Å². The summed E-state index contributed by atoms with van der Waals surface area (Å²) in [5.41, 5.74) is 1.94. The van der Waals surface area contributed by atoms with Gasteiger partial charge in [0.25, 0.3) is 5.97 Å². The fraction of sp³-hybridized carbons (Fsp3) is 0.400. The highest BCUT2D eigenvalue weighted by Gasteiger charge is 2.16. The standard InChI is InChI=1S/C18H21FN2O2.C2H4O2/c19-16-5-3-14(4-6-16)17(22)2-1-10-21-11-7-15(8-12-21)18-20-9-13-23-18;1-2(3)4/h3-7,9,13,17,22H,1-2,8,10-12H2;1H3,(H,3,4). The lowest BCUT2D eigenvalue weighted by atomic mass is 10.0. The second-order valence-electron chi connectivity index (χ2n) is 6.35. The molecule has 0 spiro atoms. The molecule has 1 atom stereocenters. The molecule has 27 heavy (non-hydrogen) atoms. The molecule has 0 aliphatic carbocycles. The Morgan fingerprint density at radius 3 is 2.63 bits per heavy atom. The minimum atomic E-state index is -0.833. The summed E-state index contributed by atoms with van der Waals surface area (Å²) in [6, 6.07) is 6.06. The van der Waals surface area contributed by atoms with Gasteiger partial charge in [0.15, 0.2) is 0 Å². The Kier molecular flexibility index (Phi) is 8.16. The Balaban J connectivity index is 0.000000596. The van der Waals surface area contributed by atoms with Crippen molar-refractivity contribution in [3.8, 4) is 0 Å². The maximum Gasteiger partial charge on any atom is 0.300 e. The van der Waals surface area contributed by atoms with Crippen LogP contribution in [0.3, 0.4) is 0 Å². The molecule has 0 bridgehead atoms. The van der Waals surface area contributed by atoms with Crippen molar-refractivity contribution in [2.45, 2.75) is 32.3 Å². The van der Waals surface area contributed by atoms with E-state index in [2.05, 4.69) is 16.0 Å². The van der Waals surface area contributed by atoms with Gasteiger partial charge in [0.2, 0.25) is 5.89 Å². The first-order valence-electron chi connectivity index (χ1n) is 8.90. The van der Waals surface area contributed by atoms with Crippen molar-refractivity contribution in [3.05, 3.63) is 60.1 Å². The number of carbonyl (C=O) groups is 1. The third kappa shape index (κ3) is 7.32. The number of aliphatic hydroxyl groups is 1. The summed E-state index contributed by atoms with van der Waals surface area (Å²) in [7, 11) is 0. The molecule has 0 amide bonds. The molecule has 1 aromatic heterocycles. The number of aliphatic carboxylic acids is 1. The van der Waals surface area contributed by atoms with Gasteiger partial charge in [0, 0.05) is 25.6 Å². The number of rotatable bonds is 6. The van der Waals surface area contributed by atoms with Crippen LogP contribution in [0.4, 0.5) is 4.39 Å². The summed E-state index contributed by atoms with van der Waals surface area (Å²) in [6.07, 6.45) is 7.41. The van der Waals surface area contributed by atoms with Crippen molar-refractivity contribution in [2.75, 3.05) is 19.6 Å². The summed E-state index contributed by atoms with van der Waals surface area (Å²) in [5, 5.41) is 17.6. The highest BCUT2D eigenvalue weighted by Crippen LogP contribution is 2.22. The molecule has 7 heteroatoms. The fourth-order valence-electron chi connectivity index (χ4n) is 2.85. The number of nitrogens with zero attached hydrogens (tertiary/aromatic N) is 2. The van der Waals surface area contributed by atoms with Crippen molar-refractivity contribution in [1.29, 1.82) is 0 Å². The minimum absolute atomic E-state index is 0.275. The molecule has 2 heterocycles. The van der Waals surface area contributed by atoms with Crippen LogP contribution in [0.25, 0.3) is 5.57 Å². The van der Waals surface area contributed by atoms with Gasteiger partial charge >= 0.3 is 0 Å². The highest BCUT2D eigenvalue weighted by atomic mass is 19.1. The van der Waals surface area contributed by atoms with Gasteiger partial charge in [-0.1, -0.05) is 18.2 Å². The molecule has 2 N–H and O–H groups in total. The van der Waals surface area contributed by atoms with Crippen LogP contribution in [-0.2, 0) is 4.79 Å². The van der Waals surface area contributed by atoms with Crippen LogP contribution in [0.1, 0.15) is 43.7 Å². The maximum absolute atomic E-state index is 12.9. The largest absolute Gasteiger partial charge is 0.481 e. The number of oxazole rings is 1.